The van der Waals surface area contributed by atoms with E-state index in [0.717, 1.165) is 41.3 Å². The number of Topliss-reactive ketones (excluding diaryl/α,β-unsaturated/α-hetero) is 1. The molecular formula is C20H16F2N4OS. The molecule has 0 bridgehead atoms. The Hall–Kier alpha value is -2.87. The van der Waals surface area contributed by atoms with E-state index in [-0.39, 0.29) is 11.3 Å². The van der Waals surface area contributed by atoms with Crippen molar-refractivity contribution < 1.29 is 13.6 Å². The van der Waals surface area contributed by atoms with Gasteiger partial charge in [0.05, 0.1) is 10.8 Å². The minimum atomic E-state index is -1.05. The summed E-state index contributed by atoms with van der Waals surface area (Å²) in [7, 11) is 0. The first-order chi connectivity index (χ1) is 13.5. The zero-order valence-electron chi connectivity index (χ0n) is 15.2. The highest BCUT2D eigenvalue weighted by Crippen LogP contribution is 2.29. The van der Waals surface area contributed by atoms with Crippen LogP contribution in [-0.2, 0) is 6.54 Å². The number of benzene rings is 2. The molecule has 142 valence electrons. The molecule has 0 unspecified atom stereocenters. The van der Waals surface area contributed by atoms with Crippen molar-refractivity contribution in [1.82, 2.24) is 19.7 Å². The molecule has 0 amide bonds. The largest absolute Gasteiger partial charge is 0.324 e. The average molecular weight is 398 g/mol. The number of carbonyl (C=O) groups excluding carboxylic acids is 1. The highest BCUT2D eigenvalue weighted by Gasteiger charge is 2.21. The van der Waals surface area contributed by atoms with Crippen molar-refractivity contribution in [3.63, 3.8) is 0 Å². The lowest BCUT2D eigenvalue weighted by Gasteiger charge is -2.09. The van der Waals surface area contributed by atoms with Crippen LogP contribution in [0.2, 0.25) is 0 Å². The van der Waals surface area contributed by atoms with Crippen molar-refractivity contribution in [3.05, 3.63) is 59.7 Å². The molecular weight excluding hydrogens is 382 g/mol. The lowest BCUT2D eigenvalue weighted by atomic mass is 10.1. The van der Waals surface area contributed by atoms with E-state index in [1.165, 1.54) is 6.07 Å². The number of fused-ring (bicyclic) bond motifs is 3. The molecule has 0 spiro atoms. The molecule has 8 heteroatoms. The van der Waals surface area contributed by atoms with Crippen molar-refractivity contribution in [3.8, 4) is 0 Å². The normalized spacial score (nSPS) is 12.6. The summed E-state index contributed by atoms with van der Waals surface area (Å²) in [5, 5.41) is 9.22. The van der Waals surface area contributed by atoms with Crippen LogP contribution in [0.4, 0.5) is 8.78 Å². The van der Waals surface area contributed by atoms with E-state index in [2.05, 4.69) is 15.2 Å². The highest BCUT2D eigenvalue weighted by atomic mass is 32.2. The van der Waals surface area contributed by atoms with E-state index < -0.39 is 16.9 Å². The number of aryl methyl sites for hydroxylation is 1. The number of halogens is 2. The van der Waals surface area contributed by atoms with Crippen LogP contribution >= 0.6 is 11.8 Å². The van der Waals surface area contributed by atoms with Crippen LogP contribution in [0.3, 0.4) is 0 Å². The Labute approximate surface area is 163 Å². The smallest absolute Gasteiger partial charge is 0.211 e. The van der Waals surface area contributed by atoms with Crippen LogP contribution < -0.4 is 0 Å². The third-order valence-electron chi connectivity index (χ3n) is 4.53. The predicted molar refractivity (Wildman–Crippen MR) is 105 cm³/mol. The number of ketones is 1. The molecule has 2 aromatic carbocycles. The Balaban J connectivity index is 1.66. The summed E-state index contributed by atoms with van der Waals surface area (Å²) in [6.45, 7) is 4.42. The van der Waals surface area contributed by atoms with Crippen molar-refractivity contribution in [2.75, 3.05) is 0 Å². The van der Waals surface area contributed by atoms with E-state index in [4.69, 9.17) is 0 Å². The number of rotatable bonds is 5. The van der Waals surface area contributed by atoms with Gasteiger partial charge in [-0.3, -0.25) is 4.79 Å². The molecule has 0 aliphatic carbocycles. The summed E-state index contributed by atoms with van der Waals surface area (Å²) in [4.78, 5) is 17.1. The monoisotopic (exact) mass is 398 g/mol. The Morgan fingerprint density at radius 3 is 2.68 bits per heavy atom. The second kappa shape index (κ2) is 7.27. The molecule has 0 aliphatic rings. The van der Waals surface area contributed by atoms with Crippen LogP contribution in [-0.4, -0.2) is 30.8 Å². The van der Waals surface area contributed by atoms with Gasteiger partial charge in [0.15, 0.2) is 23.1 Å². The molecule has 0 fully saturated rings. The minimum absolute atomic E-state index is 0.107. The molecule has 0 saturated heterocycles. The average Bonchev–Trinajstić information content (AvgIpc) is 3.02. The number of para-hydroxylation sites is 1. The number of nitrogens with zero attached hydrogens (tertiary/aromatic N) is 4. The standard InChI is InChI=1S/C20H16F2N4OS/c1-3-26-16-7-5-4-6-13(16)17-19(26)23-20(25-24-17)28-11(2)18(27)12-8-9-14(21)15(22)10-12/h4-11H,3H2,1-2H3/t11-/m0/s1. The van der Waals surface area contributed by atoms with Gasteiger partial charge < -0.3 is 4.57 Å². The summed E-state index contributed by atoms with van der Waals surface area (Å²) in [6, 6.07) is 11.0. The third-order valence-corrected chi connectivity index (χ3v) is 5.48. The number of hydrogen-bond acceptors (Lipinski definition) is 5. The highest BCUT2D eigenvalue weighted by molar-refractivity contribution is 8.00. The summed E-state index contributed by atoms with van der Waals surface area (Å²) in [6.07, 6.45) is 0. The molecule has 5 nitrogen and oxygen atoms in total. The topological polar surface area (TPSA) is 60.7 Å². The van der Waals surface area contributed by atoms with Gasteiger partial charge in [-0.1, -0.05) is 30.0 Å². The Bertz CT molecular complexity index is 1210. The molecule has 28 heavy (non-hydrogen) atoms. The lowest BCUT2D eigenvalue weighted by molar-refractivity contribution is 0.0993. The predicted octanol–water partition coefficient (Wildman–Crippen LogP) is 4.64. The maximum absolute atomic E-state index is 13.4. The van der Waals surface area contributed by atoms with Gasteiger partial charge in [-0.2, -0.15) is 0 Å². The van der Waals surface area contributed by atoms with Crippen molar-refractivity contribution >= 4 is 39.6 Å². The van der Waals surface area contributed by atoms with Crippen LogP contribution in [0.5, 0.6) is 0 Å². The van der Waals surface area contributed by atoms with Crippen LogP contribution in [0.1, 0.15) is 24.2 Å². The summed E-state index contributed by atoms with van der Waals surface area (Å²) in [5.74, 6) is -2.36. The summed E-state index contributed by atoms with van der Waals surface area (Å²) >= 11 is 1.14. The minimum Gasteiger partial charge on any atom is -0.324 e. The number of carbonyl (C=O) groups is 1. The zero-order valence-corrected chi connectivity index (χ0v) is 16.0. The van der Waals surface area contributed by atoms with E-state index in [1.807, 2.05) is 35.8 Å². The number of aromatic nitrogens is 4. The molecule has 0 saturated carbocycles. The van der Waals surface area contributed by atoms with Gasteiger partial charge in [0.25, 0.3) is 0 Å². The fourth-order valence-corrected chi connectivity index (χ4v) is 3.94. The van der Waals surface area contributed by atoms with Crippen LogP contribution in [0.15, 0.2) is 47.6 Å². The molecule has 0 radical (unpaired) electrons. The zero-order chi connectivity index (χ0) is 19.8. The van der Waals surface area contributed by atoms with Gasteiger partial charge in [-0.05, 0) is 38.1 Å². The number of hydrogen-bond donors (Lipinski definition) is 0. The Morgan fingerprint density at radius 2 is 1.93 bits per heavy atom. The van der Waals surface area contributed by atoms with E-state index >= 15 is 0 Å². The molecule has 1 atom stereocenters. The fourth-order valence-electron chi connectivity index (χ4n) is 3.16. The maximum Gasteiger partial charge on any atom is 0.211 e. The molecule has 4 rings (SSSR count). The van der Waals surface area contributed by atoms with Crippen molar-refractivity contribution in [1.29, 1.82) is 0 Å². The Morgan fingerprint density at radius 1 is 1.14 bits per heavy atom. The first-order valence-electron chi connectivity index (χ1n) is 8.77. The molecule has 0 aliphatic heterocycles. The van der Waals surface area contributed by atoms with Gasteiger partial charge in [-0.15, -0.1) is 10.2 Å². The van der Waals surface area contributed by atoms with E-state index in [9.17, 15) is 13.6 Å². The van der Waals surface area contributed by atoms with Crippen LogP contribution in [0.25, 0.3) is 22.1 Å². The first kappa shape index (κ1) is 18.5. The van der Waals surface area contributed by atoms with Crippen molar-refractivity contribution in [2.24, 2.45) is 0 Å². The lowest BCUT2D eigenvalue weighted by Crippen LogP contribution is -2.15. The fraction of sp³-hybridized carbons (Fsp3) is 0.200. The quantitative estimate of drug-likeness (QED) is 0.362. The van der Waals surface area contributed by atoms with Gasteiger partial charge in [-0.25, -0.2) is 13.8 Å². The van der Waals surface area contributed by atoms with Gasteiger partial charge in [0.2, 0.25) is 5.16 Å². The maximum atomic E-state index is 13.4. The second-order valence-corrected chi connectivity index (χ2v) is 7.59. The Kier molecular flexibility index (Phi) is 4.80. The first-order valence-corrected chi connectivity index (χ1v) is 9.65. The summed E-state index contributed by atoms with van der Waals surface area (Å²) < 4.78 is 28.6. The van der Waals surface area contributed by atoms with Gasteiger partial charge in [0.1, 0.15) is 5.52 Å². The van der Waals surface area contributed by atoms with Crippen LogP contribution in [0, 0.1) is 11.6 Å². The number of thioether (sulfide) groups is 1. The van der Waals surface area contributed by atoms with E-state index in [0.29, 0.717) is 16.3 Å². The molecule has 4 aromatic rings. The summed E-state index contributed by atoms with van der Waals surface area (Å²) in [5.41, 5.74) is 2.54. The van der Waals surface area contributed by atoms with E-state index in [1.54, 1.807) is 6.92 Å². The molecule has 2 heterocycles. The molecule has 0 N–H and O–H groups in total. The molecule has 2 aromatic heterocycles. The van der Waals surface area contributed by atoms with Gasteiger partial charge >= 0.3 is 0 Å². The second-order valence-electron chi connectivity index (χ2n) is 6.28. The SMILES string of the molecule is CCn1c2ccccc2c2nnc(S[C@@H](C)C(=O)c3ccc(F)c(F)c3)nc21. The third kappa shape index (κ3) is 3.13. The van der Waals surface area contributed by atoms with Crippen molar-refractivity contribution in [2.45, 2.75) is 30.8 Å². The van der Waals surface area contributed by atoms with Gasteiger partial charge in [0, 0.05) is 17.5 Å².